The molecule has 0 amide bonds. The third-order valence-electron chi connectivity index (χ3n) is 2.78. The summed E-state index contributed by atoms with van der Waals surface area (Å²) < 4.78 is 13.2. The molecule has 2 aromatic carbocycles. The molecule has 4 heteroatoms. The minimum absolute atomic E-state index is 0.519. The number of benzene rings is 2. The molecule has 0 saturated heterocycles. The maximum Gasteiger partial charge on any atom is 0.0585 e. The van der Waals surface area contributed by atoms with Crippen molar-refractivity contribution in [1.29, 1.82) is 0 Å². The average molecular weight is 338 g/mol. The van der Waals surface area contributed by atoms with Crippen LogP contribution in [0.1, 0.15) is 16.7 Å². The molecule has 0 fully saturated rings. The molecular weight excluding hydrogens is 322 g/mol. The van der Waals surface area contributed by atoms with Crippen LogP contribution in [0.2, 0.25) is 0 Å². The standard InChI is InChI=1S/C15H16BrNOS/c1-10-5-11(2)7-12(6-10)9-19(18)15-4-3-13(17)8-14(15)16/h3-8H,9,17H2,1-2H3. The second kappa shape index (κ2) is 5.88. The van der Waals surface area contributed by atoms with Gasteiger partial charge in [-0.2, -0.15) is 0 Å². The maximum absolute atomic E-state index is 12.4. The summed E-state index contributed by atoms with van der Waals surface area (Å²) in [6.45, 7) is 4.11. The van der Waals surface area contributed by atoms with Crippen LogP contribution in [0.15, 0.2) is 45.8 Å². The molecule has 0 saturated carbocycles. The second-order valence-electron chi connectivity index (χ2n) is 4.68. The summed E-state index contributed by atoms with van der Waals surface area (Å²) in [5, 5.41) is 0. The second-order valence-corrected chi connectivity index (χ2v) is 6.95. The van der Waals surface area contributed by atoms with E-state index in [4.69, 9.17) is 5.73 Å². The number of rotatable bonds is 3. The summed E-state index contributed by atoms with van der Waals surface area (Å²) >= 11 is 3.42. The molecule has 19 heavy (non-hydrogen) atoms. The summed E-state index contributed by atoms with van der Waals surface area (Å²) in [6.07, 6.45) is 0. The van der Waals surface area contributed by atoms with E-state index in [0.717, 1.165) is 14.9 Å². The van der Waals surface area contributed by atoms with E-state index in [2.05, 4.69) is 48.0 Å². The first-order chi connectivity index (χ1) is 8.95. The third kappa shape index (κ3) is 3.67. The van der Waals surface area contributed by atoms with Gasteiger partial charge in [-0.3, -0.25) is 4.21 Å². The van der Waals surface area contributed by atoms with Gasteiger partial charge in [-0.25, -0.2) is 0 Å². The summed E-state index contributed by atoms with van der Waals surface area (Å²) in [7, 11) is -1.07. The van der Waals surface area contributed by atoms with Crippen molar-refractivity contribution in [3.05, 3.63) is 57.6 Å². The number of anilines is 1. The van der Waals surface area contributed by atoms with Gasteiger partial charge in [-0.05, 0) is 53.5 Å². The molecule has 0 radical (unpaired) electrons. The van der Waals surface area contributed by atoms with E-state index in [-0.39, 0.29) is 0 Å². The van der Waals surface area contributed by atoms with E-state index >= 15 is 0 Å². The van der Waals surface area contributed by atoms with Crippen LogP contribution in [0.3, 0.4) is 0 Å². The number of hydrogen-bond acceptors (Lipinski definition) is 2. The molecule has 0 spiro atoms. The van der Waals surface area contributed by atoms with E-state index in [1.54, 1.807) is 12.1 Å². The topological polar surface area (TPSA) is 43.1 Å². The van der Waals surface area contributed by atoms with Crippen LogP contribution in [0.4, 0.5) is 5.69 Å². The van der Waals surface area contributed by atoms with Crippen molar-refractivity contribution in [2.75, 3.05) is 5.73 Å². The Kier molecular flexibility index (Phi) is 4.42. The van der Waals surface area contributed by atoms with Gasteiger partial charge in [0, 0.05) is 10.2 Å². The lowest BCUT2D eigenvalue weighted by atomic mass is 10.1. The zero-order chi connectivity index (χ0) is 14.0. The van der Waals surface area contributed by atoms with E-state index in [9.17, 15) is 4.21 Å². The van der Waals surface area contributed by atoms with Gasteiger partial charge in [-0.15, -0.1) is 0 Å². The molecule has 0 aliphatic heterocycles. The molecule has 1 unspecified atom stereocenters. The lowest BCUT2D eigenvalue weighted by Crippen LogP contribution is -1.99. The summed E-state index contributed by atoms with van der Waals surface area (Å²) in [5.41, 5.74) is 9.85. The minimum Gasteiger partial charge on any atom is -0.399 e. The third-order valence-corrected chi connectivity index (χ3v) is 5.14. The zero-order valence-electron chi connectivity index (χ0n) is 10.9. The quantitative estimate of drug-likeness (QED) is 0.861. The lowest BCUT2D eigenvalue weighted by molar-refractivity contribution is 0.682. The highest BCUT2D eigenvalue weighted by atomic mass is 79.9. The Morgan fingerprint density at radius 2 is 1.74 bits per heavy atom. The van der Waals surface area contributed by atoms with E-state index in [1.165, 1.54) is 11.1 Å². The molecule has 2 aromatic rings. The minimum atomic E-state index is -1.07. The fourth-order valence-electron chi connectivity index (χ4n) is 2.08. The normalized spacial score (nSPS) is 12.4. The van der Waals surface area contributed by atoms with Crippen LogP contribution in [-0.4, -0.2) is 4.21 Å². The van der Waals surface area contributed by atoms with Crippen LogP contribution in [0, 0.1) is 13.8 Å². The largest absolute Gasteiger partial charge is 0.399 e. The van der Waals surface area contributed by atoms with Gasteiger partial charge < -0.3 is 5.73 Å². The van der Waals surface area contributed by atoms with Crippen LogP contribution >= 0.6 is 15.9 Å². The number of hydrogen-bond donors (Lipinski definition) is 1. The predicted molar refractivity (Wildman–Crippen MR) is 84.6 cm³/mol. The first-order valence-corrected chi connectivity index (χ1v) is 8.07. The summed E-state index contributed by atoms with van der Waals surface area (Å²) in [6, 6.07) is 11.7. The Morgan fingerprint density at radius 3 is 2.32 bits per heavy atom. The zero-order valence-corrected chi connectivity index (χ0v) is 13.3. The fraction of sp³-hybridized carbons (Fsp3) is 0.200. The Bertz CT molecular complexity index is 620. The number of nitrogens with two attached hydrogens (primary N) is 1. The average Bonchev–Trinajstić information content (AvgIpc) is 2.26. The van der Waals surface area contributed by atoms with Gasteiger partial charge in [0.25, 0.3) is 0 Å². The van der Waals surface area contributed by atoms with Crippen LogP contribution < -0.4 is 5.73 Å². The number of aryl methyl sites for hydroxylation is 2. The SMILES string of the molecule is Cc1cc(C)cc(CS(=O)c2ccc(N)cc2Br)c1. The Labute approximate surface area is 124 Å². The van der Waals surface area contributed by atoms with Crippen molar-refractivity contribution in [3.8, 4) is 0 Å². The molecule has 100 valence electrons. The lowest BCUT2D eigenvalue weighted by Gasteiger charge is -2.07. The molecule has 0 aliphatic carbocycles. The number of halogens is 1. The molecule has 2 N–H and O–H groups in total. The highest BCUT2D eigenvalue weighted by Gasteiger charge is 2.10. The first kappa shape index (κ1) is 14.3. The Morgan fingerprint density at radius 1 is 1.11 bits per heavy atom. The van der Waals surface area contributed by atoms with Gasteiger partial charge in [-0.1, -0.05) is 29.3 Å². The molecule has 2 nitrogen and oxygen atoms in total. The molecule has 1 atom stereocenters. The Hall–Kier alpha value is -1.13. The van der Waals surface area contributed by atoms with E-state index < -0.39 is 10.8 Å². The molecular formula is C15H16BrNOS. The van der Waals surface area contributed by atoms with Crippen LogP contribution in [0.25, 0.3) is 0 Å². The summed E-state index contributed by atoms with van der Waals surface area (Å²) in [4.78, 5) is 0.786. The highest BCUT2D eigenvalue weighted by molar-refractivity contribution is 9.10. The van der Waals surface area contributed by atoms with Crippen molar-refractivity contribution in [3.63, 3.8) is 0 Å². The van der Waals surface area contributed by atoms with Crippen LogP contribution in [-0.2, 0) is 16.6 Å². The van der Waals surface area contributed by atoms with Crippen molar-refractivity contribution >= 4 is 32.4 Å². The van der Waals surface area contributed by atoms with Crippen molar-refractivity contribution < 1.29 is 4.21 Å². The highest BCUT2D eigenvalue weighted by Crippen LogP contribution is 2.25. The molecule has 0 heterocycles. The van der Waals surface area contributed by atoms with Gasteiger partial charge >= 0.3 is 0 Å². The van der Waals surface area contributed by atoms with Crippen molar-refractivity contribution in [1.82, 2.24) is 0 Å². The van der Waals surface area contributed by atoms with Crippen molar-refractivity contribution in [2.45, 2.75) is 24.5 Å². The predicted octanol–water partition coefficient (Wildman–Crippen LogP) is 3.96. The molecule has 0 aromatic heterocycles. The van der Waals surface area contributed by atoms with E-state index in [0.29, 0.717) is 11.4 Å². The summed E-state index contributed by atoms with van der Waals surface area (Å²) in [5.74, 6) is 0.519. The first-order valence-electron chi connectivity index (χ1n) is 5.96. The van der Waals surface area contributed by atoms with Crippen molar-refractivity contribution in [2.24, 2.45) is 0 Å². The molecule has 2 rings (SSSR count). The van der Waals surface area contributed by atoms with Crippen LogP contribution in [0.5, 0.6) is 0 Å². The van der Waals surface area contributed by atoms with Gasteiger partial charge in [0.05, 0.1) is 21.4 Å². The molecule has 0 aliphatic rings. The van der Waals surface area contributed by atoms with E-state index in [1.807, 2.05) is 6.07 Å². The fourth-order valence-corrected chi connectivity index (χ4v) is 4.14. The maximum atomic E-state index is 12.4. The monoisotopic (exact) mass is 337 g/mol. The smallest absolute Gasteiger partial charge is 0.0585 e. The van der Waals surface area contributed by atoms with Gasteiger partial charge in [0.2, 0.25) is 0 Å². The molecule has 0 bridgehead atoms. The van der Waals surface area contributed by atoms with Gasteiger partial charge in [0.1, 0.15) is 0 Å². The Balaban J connectivity index is 2.25. The number of nitrogen functional groups attached to an aromatic ring is 1. The van der Waals surface area contributed by atoms with Gasteiger partial charge in [0.15, 0.2) is 0 Å².